The summed E-state index contributed by atoms with van der Waals surface area (Å²) in [6, 6.07) is 13.9. The van der Waals surface area contributed by atoms with Crippen LogP contribution in [0.25, 0.3) is 34.1 Å². The molecular weight excluding hydrogens is 370 g/mol. The average Bonchev–Trinajstić information content (AvgIpc) is 3.26. The Labute approximate surface area is 167 Å². The van der Waals surface area contributed by atoms with Gasteiger partial charge in [-0.25, -0.2) is 4.98 Å². The molecule has 4 aromatic rings. The van der Waals surface area contributed by atoms with E-state index < -0.39 is 0 Å². The summed E-state index contributed by atoms with van der Waals surface area (Å²) in [6.45, 7) is 2.00. The minimum absolute atomic E-state index is 0.505. The minimum Gasteiger partial charge on any atom is -0.497 e. The minimum atomic E-state index is 0.505. The summed E-state index contributed by atoms with van der Waals surface area (Å²) in [5.41, 5.74) is 4.94. The number of ether oxygens (including phenoxy) is 1. The number of methoxy groups -OCH3 is 1. The van der Waals surface area contributed by atoms with Crippen molar-refractivity contribution < 1.29 is 9.26 Å². The van der Waals surface area contributed by atoms with Gasteiger partial charge in [-0.15, -0.1) is 11.3 Å². The molecule has 0 bridgehead atoms. The van der Waals surface area contributed by atoms with E-state index in [1.165, 1.54) is 17.8 Å². The van der Waals surface area contributed by atoms with E-state index >= 15 is 0 Å². The molecule has 5 nitrogen and oxygen atoms in total. The van der Waals surface area contributed by atoms with Crippen molar-refractivity contribution in [3.05, 3.63) is 58.4 Å². The zero-order chi connectivity index (χ0) is 19.1. The van der Waals surface area contributed by atoms with Crippen LogP contribution in [0.4, 0.5) is 0 Å². The Balaban J connectivity index is 1.45. The van der Waals surface area contributed by atoms with Crippen LogP contribution in [0.5, 0.6) is 5.75 Å². The highest BCUT2D eigenvalue weighted by atomic mass is 32.1. The number of nitrogens with zero attached hydrogens (tertiary/aromatic N) is 3. The zero-order valence-electron chi connectivity index (χ0n) is 15.7. The normalized spacial score (nSPS) is 13.6. The van der Waals surface area contributed by atoms with Gasteiger partial charge >= 0.3 is 0 Å². The molecule has 1 fully saturated rings. The van der Waals surface area contributed by atoms with Crippen LogP contribution < -0.4 is 4.74 Å². The molecule has 5 rings (SSSR count). The lowest BCUT2D eigenvalue weighted by Gasteiger charge is -2.04. The molecule has 140 valence electrons. The average molecular weight is 389 g/mol. The smallest absolute Gasteiger partial charge is 0.258 e. The van der Waals surface area contributed by atoms with Gasteiger partial charge in [0.1, 0.15) is 5.75 Å². The molecule has 0 unspecified atom stereocenters. The number of aromatic nitrogens is 3. The fraction of sp³-hybridized carbons (Fsp3) is 0.227. The van der Waals surface area contributed by atoms with Crippen molar-refractivity contribution in [2.45, 2.75) is 25.7 Å². The fourth-order valence-electron chi connectivity index (χ4n) is 3.21. The molecule has 1 aliphatic rings. The predicted octanol–water partition coefficient (Wildman–Crippen LogP) is 5.72. The van der Waals surface area contributed by atoms with Gasteiger partial charge < -0.3 is 9.26 Å². The standard InChI is InChI=1S/C22H19N3O2S/c1-13-10-17(26-2)8-9-18(13)21-24-20(25-27-21)16-5-3-4-15(11-16)19-12-28-22(23-19)14-6-7-14/h3-5,8-12,14H,6-7H2,1-2H3. The number of benzene rings is 2. The van der Waals surface area contributed by atoms with Crippen LogP contribution >= 0.6 is 11.3 Å². The number of aryl methyl sites for hydroxylation is 1. The molecular formula is C22H19N3O2S. The molecule has 6 heteroatoms. The van der Waals surface area contributed by atoms with Crippen LogP contribution in [-0.4, -0.2) is 22.2 Å². The summed E-state index contributed by atoms with van der Waals surface area (Å²) in [4.78, 5) is 9.41. The van der Waals surface area contributed by atoms with Gasteiger partial charge in [-0.1, -0.05) is 23.4 Å². The Morgan fingerprint density at radius 2 is 1.93 bits per heavy atom. The number of hydrogen-bond acceptors (Lipinski definition) is 6. The largest absolute Gasteiger partial charge is 0.497 e. The maximum Gasteiger partial charge on any atom is 0.258 e. The monoisotopic (exact) mass is 389 g/mol. The van der Waals surface area contributed by atoms with Gasteiger partial charge in [-0.05, 0) is 49.6 Å². The predicted molar refractivity (Wildman–Crippen MR) is 110 cm³/mol. The van der Waals surface area contributed by atoms with E-state index in [1.54, 1.807) is 18.4 Å². The van der Waals surface area contributed by atoms with Crippen molar-refractivity contribution in [3.8, 4) is 39.8 Å². The van der Waals surface area contributed by atoms with Crippen LogP contribution in [0, 0.1) is 6.92 Å². The summed E-state index contributed by atoms with van der Waals surface area (Å²) >= 11 is 1.75. The van der Waals surface area contributed by atoms with Gasteiger partial charge in [0.15, 0.2) is 0 Å². The topological polar surface area (TPSA) is 61.0 Å². The third-order valence-electron chi connectivity index (χ3n) is 4.96. The van der Waals surface area contributed by atoms with Crippen molar-refractivity contribution >= 4 is 11.3 Å². The molecule has 1 aliphatic carbocycles. The van der Waals surface area contributed by atoms with E-state index in [0.29, 0.717) is 17.6 Å². The van der Waals surface area contributed by atoms with Crippen LogP contribution in [0.3, 0.4) is 0 Å². The molecule has 28 heavy (non-hydrogen) atoms. The third-order valence-corrected chi connectivity index (χ3v) is 5.96. The van der Waals surface area contributed by atoms with Gasteiger partial charge in [-0.3, -0.25) is 0 Å². The molecule has 0 saturated heterocycles. The highest BCUT2D eigenvalue weighted by Crippen LogP contribution is 2.42. The number of hydrogen-bond donors (Lipinski definition) is 0. The van der Waals surface area contributed by atoms with Gasteiger partial charge in [-0.2, -0.15) is 4.98 Å². The number of rotatable bonds is 5. The molecule has 1 saturated carbocycles. The van der Waals surface area contributed by atoms with Gasteiger partial charge in [0.25, 0.3) is 5.89 Å². The first kappa shape index (κ1) is 17.1. The van der Waals surface area contributed by atoms with Gasteiger partial charge in [0, 0.05) is 28.0 Å². The molecule has 2 aromatic carbocycles. The van der Waals surface area contributed by atoms with E-state index in [1.807, 2.05) is 37.3 Å². The Morgan fingerprint density at radius 1 is 1.07 bits per heavy atom. The second-order valence-corrected chi connectivity index (χ2v) is 7.92. The molecule has 0 radical (unpaired) electrons. The lowest BCUT2D eigenvalue weighted by Crippen LogP contribution is -1.88. The summed E-state index contributed by atoms with van der Waals surface area (Å²) in [7, 11) is 1.65. The van der Waals surface area contributed by atoms with Crippen molar-refractivity contribution in [1.82, 2.24) is 15.1 Å². The quantitative estimate of drug-likeness (QED) is 0.437. The van der Waals surface area contributed by atoms with E-state index in [9.17, 15) is 0 Å². The molecule has 2 heterocycles. The third kappa shape index (κ3) is 3.20. The Morgan fingerprint density at radius 3 is 2.71 bits per heavy atom. The lowest BCUT2D eigenvalue weighted by atomic mass is 10.1. The molecule has 0 aliphatic heterocycles. The van der Waals surface area contributed by atoms with Gasteiger partial charge in [0.05, 0.1) is 17.8 Å². The van der Waals surface area contributed by atoms with Gasteiger partial charge in [0.2, 0.25) is 5.82 Å². The maximum atomic E-state index is 5.53. The molecule has 0 atom stereocenters. The summed E-state index contributed by atoms with van der Waals surface area (Å²) < 4.78 is 10.8. The van der Waals surface area contributed by atoms with Crippen LogP contribution in [-0.2, 0) is 0 Å². The lowest BCUT2D eigenvalue weighted by molar-refractivity contribution is 0.414. The first-order valence-corrected chi connectivity index (χ1v) is 10.1. The van der Waals surface area contributed by atoms with E-state index in [2.05, 4.69) is 27.7 Å². The van der Waals surface area contributed by atoms with Crippen LogP contribution in [0.2, 0.25) is 0 Å². The van der Waals surface area contributed by atoms with Crippen LogP contribution in [0.1, 0.15) is 29.3 Å². The second-order valence-electron chi connectivity index (χ2n) is 7.03. The molecule has 0 amide bonds. The van der Waals surface area contributed by atoms with Crippen molar-refractivity contribution in [2.75, 3.05) is 7.11 Å². The second kappa shape index (κ2) is 6.87. The first-order valence-electron chi connectivity index (χ1n) is 9.26. The van der Waals surface area contributed by atoms with Crippen molar-refractivity contribution in [2.24, 2.45) is 0 Å². The molecule has 0 N–H and O–H groups in total. The van der Waals surface area contributed by atoms with E-state index in [0.717, 1.165) is 33.7 Å². The number of thiazole rings is 1. The summed E-state index contributed by atoms with van der Waals surface area (Å²) in [6.07, 6.45) is 2.53. The zero-order valence-corrected chi connectivity index (χ0v) is 16.5. The Kier molecular flexibility index (Phi) is 4.20. The summed E-state index contributed by atoms with van der Waals surface area (Å²) in [5, 5.41) is 7.57. The van der Waals surface area contributed by atoms with Crippen molar-refractivity contribution in [1.29, 1.82) is 0 Å². The highest BCUT2D eigenvalue weighted by molar-refractivity contribution is 7.10. The SMILES string of the molecule is COc1ccc(-c2nc(-c3cccc(-c4csc(C5CC5)n4)c3)no2)c(C)c1. The van der Waals surface area contributed by atoms with E-state index in [4.69, 9.17) is 14.2 Å². The molecule has 0 spiro atoms. The Bertz CT molecular complexity index is 1140. The van der Waals surface area contributed by atoms with Crippen molar-refractivity contribution in [3.63, 3.8) is 0 Å². The molecule has 2 aromatic heterocycles. The highest BCUT2D eigenvalue weighted by Gasteiger charge is 2.26. The maximum absolute atomic E-state index is 5.53. The first-order chi connectivity index (χ1) is 13.7. The van der Waals surface area contributed by atoms with E-state index in [-0.39, 0.29) is 0 Å². The fourth-order valence-corrected chi connectivity index (χ4v) is 4.21. The summed E-state index contributed by atoms with van der Waals surface area (Å²) in [5.74, 6) is 2.56. The van der Waals surface area contributed by atoms with Crippen LogP contribution in [0.15, 0.2) is 52.4 Å². The Hall–Kier alpha value is -2.99.